The maximum Gasteiger partial charge on any atom is 0.433 e. The molecule has 4 aromatic heterocycles. The van der Waals surface area contributed by atoms with E-state index in [-0.39, 0.29) is 18.1 Å². The Labute approximate surface area is 221 Å². The number of pyridine rings is 1. The summed E-state index contributed by atoms with van der Waals surface area (Å²) in [6.07, 6.45) is -1.04. The Balaban J connectivity index is 1.47. The van der Waals surface area contributed by atoms with E-state index >= 15 is 0 Å². The van der Waals surface area contributed by atoms with Crippen LogP contribution in [0.15, 0.2) is 30.0 Å². The fourth-order valence-electron chi connectivity index (χ4n) is 3.86. The van der Waals surface area contributed by atoms with Gasteiger partial charge < -0.3 is 14.4 Å². The molecule has 0 N–H and O–H groups in total. The number of alkyl halides is 3. The van der Waals surface area contributed by atoms with Crippen molar-refractivity contribution in [3.8, 4) is 5.75 Å². The monoisotopic (exact) mass is 570 g/mol. The van der Waals surface area contributed by atoms with Gasteiger partial charge in [-0.15, -0.1) is 11.3 Å². The molecule has 9 nitrogen and oxygen atoms in total. The normalized spacial score (nSPS) is 15.9. The lowest BCUT2D eigenvalue weighted by Gasteiger charge is -2.32. The summed E-state index contributed by atoms with van der Waals surface area (Å²) in [5, 5.41) is 7.28. The summed E-state index contributed by atoms with van der Waals surface area (Å²) in [4.78, 5) is 27.5. The second-order valence-corrected chi connectivity index (χ2v) is 10.2. The Bertz CT molecular complexity index is 1500. The van der Waals surface area contributed by atoms with Crippen molar-refractivity contribution in [3.05, 3.63) is 67.9 Å². The predicted octanol–water partition coefficient (Wildman–Crippen LogP) is 5.30. The number of imidazole rings is 1. The van der Waals surface area contributed by atoms with Crippen LogP contribution in [0, 0.1) is 6.92 Å². The molecule has 37 heavy (non-hydrogen) atoms. The molecule has 1 unspecified atom stereocenters. The number of hydrogen-bond donors (Lipinski definition) is 0. The van der Waals surface area contributed by atoms with Crippen molar-refractivity contribution in [3.63, 3.8) is 0 Å². The average molecular weight is 571 g/mol. The van der Waals surface area contributed by atoms with Gasteiger partial charge in [-0.2, -0.15) is 18.3 Å². The molecule has 1 atom stereocenters. The van der Waals surface area contributed by atoms with E-state index in [0.717, 1.165) is 33.5 Å². The molecule has 0 bridgehead atoms. The van der Waals surface area contributed by atoms with E-state index in [9.17, 15) is 18.0 Å². The van der Waals surface area contributed by atoms with Gasteiger partial charge in [-0.25, -0.2) is 24.3 Å². The van der Waals surface area contributed by atoms with Crippen LogP contribution in [-0.4, -0.2) is 48.6 Å². The van der Waals surface area contributed by atoms with Gasteiger partial charge in [-0.3, -0.25) is 0 Å². The van der Waals surface area contributed by atoms with Gasteiger partial charge in [0.2, 0.25) is 4.96 Å². The zero-order chi connectivity index (χ0) is 26.3. The van der Waals surface area contributed by atoms with Gasteiger partial charge in [0.15, 0.2) is 16.6 Å². The van der Waals surface area contributed by atoms with E-state index in [2.05, 4.69) is 15.1 Å². The summed E-state index contributed by atoms with van der Waals surface area (Å²) in [5.41, 5.74) is 0.778. The standard InChI is InChI=1S/C22H18ClF3N6O3S2/c1-3-34-20(33)13-10-36-19(27-13)17-16-12(28-21-32(16)30-11(2)37-21)6-7-31(17)8-9-35-14-4-5-15(22(24,25)26)29-18(14)23/h4-5,8-10,17H,3,6-7H2,1-2H3. The second kappa shape index (κ2) is 9.91. The molecule has 5 rings (SSSR count). The molecule has 194 valence electrons. The molecule has 0 aromatic carbocycles. The van der Waals surface area contributed by atoms with Crippen molar-refractivity contribution in [2.45, 2.75) is 32.5 Å². The minimum absolute atomic E-state index is 0.0270. The van der Waals surface area contributed by atoms with E-state index in [4.69, 9.17) is 26.1 Å². The lowest BCUT2D eigenvalue weighted by atomic mass is 10.0. The first-order chi connectivity index (χ1) is 17.7. The third-order valence-corrected chi connectivity index (χ3v) is 7.40. The third kappa shape index (κ3) is 5.00. The van der Waals surface area contributed by atoms with Crippen LogP contribution >= 0.6 is 34.3 Å². The van der Waals surface area contributed by atoms with E-state index in [1.165, 1.54) is 28.9 Å². The number of esters is 1. The third-order valence-electron chi connectivity index (χ3n) is 5.41. The number of aromatic nitrogens is 5. The van der Waals surface area contributed by atoms with Crippen LogP contribution in [-0.2, 0) is 17.3 Å². The summed E-state index contributed by atoms with van der Waals surface area (Å²) < 4.78 is 51.0. The summed E-state index contributed by atoms with van der Waals surface area (Å²) in [6.45, 7) is 4.37. The van der Waals surface area contributed by atoms with Gasteiger partial charge >= 0.3 is 12.1 Å². The highest BCUT2D eigenvalue weighted by molar-refractivity contribution is 7.16. The number of rotatable bonds is 6. The first-order valence-corrected chi connectivity index (χ1v) is 13.0. The maximum absolute atomic E-state index is 12.9. The number of fused-ring (bicyclic) bond motifs is 3. The number of nitrogens with zero attached hydrogens (tertiary/aromatic N) is 6. The minimum Gasteiger partial charge on any atom is -0.461 e. The van der Waals surface area contributed by atoms with Crippen molar-refractivity contribution >= 4 is 45.2 Å². The molecule has 5 heterocycles. The van der Waals surface area contributed by atoms with Crippen molar-refractivity contribution in [2.75, 3.05) is 13.2 Å². The average Bonchev–Trinajstić information content (AvgIpc) is 3.54. The van der Waals surface area contributed by atoms with E-state index in [1.807, 2.05) is 11.8 Å². The molecule has 1 aliphatic heterocycles. The second-order valence-electron chi connectivity index (χ2n) is 7.83. The first kappa shape index (κ1) is 25.4. The topological polar surface area (TPSA) is 94.7 Å². The molecule has 0 saturated heterocycles. The molecule has 0 radical (unpaired) electrons. The van der Waals surface area contributed by atoms with Crippen LogP contribution in [0.3, 0.4) is 0 Å². The molecule has 0 aliphatic carbocycles. The maximum atomic E-state index is 12.9. The van der Waals surface area contributed by atoms with Gasteiger partial charge in [-0.05, 0) is 26.0 Å². The first-order valence-electron chi connectivity index (χ1n) is 11.0. The number of aryl methyl sites for hydroxylation is 1. The molecule has 0 saturated carbocycles. The predicted molar refractivity (Wildman–Crippen MR) is 130 cm³/mol. The Morgan fingerprint density at radius 1 is 1.30 bits per heavy atom. The fraction of sp³-hybridized carbons (Fsp3) is 0.318. The summed E-state index contributed by atoms with van der Waals surface area (Å²) in [6, 6.07) is 1.46. The number of halogens is 4. The number of carbonyl (C=O) groups is 1. The smallest absolute Gasteiger partial charge is 0.433 e. The number of carbonyl (C=O) groups excluding carboxylic acids is 1. The highest BCUT2D eigenvalue weighted by Crippen LogP contribution is 2.38. The Morgan fingerprint density at radius 2 is 2.11 bits per heavy atom. The van der Waals surface area contributed by atoms with Crippen LogP contribution in [0.25, 0.3) is 4.96 Å². The van der Waals surface area contributed by atoms with Crippen LogP contribution in [0.5, 0.6) is 5.75 Å². The zero-order valence-electron chi connectivity index (χ0n) is 19.3. The van der Waals surface area contributed by atoms with E-state index in [1.54, 1.807) is 23.0 Å². The van der Waals surface area contributed by atoms with Gasteiger partial charge in [0, 0.05) is 24.5 Å². The number of thiazole rings is 1. The number of hydrogen-bond acceptors (Lipinski definition) is 10. The number of ether oxygens (including phenoxy) is 2. The van der Waals surface area contributed by atoms with Crippen LogP contribution < -0.4 is 4.74 Å². The molecular formula is C22H18ClF3N6O3S2. The molecule has 15 heteroatoms. The quantitative estimate of drug-likeness (QED) is 0.175. The summed E-state index contributed by atoms with van der Waals surface area (Å²) in [7, 11) is 0. The molecule has 4 aromatic rings. The van der Waals surface area contributed by atoms with Crippen LogP contribution in [0.2, 0.25) is 5.15 Å². The van der Waals surface area contributed by atoms with Crippen molar-refractivity contribution in [1.82, 2.24) is 29.5 Å². The van der Waals surface area contributed by atoms with Gasteiger partial charge in [0.25, 0.3) is 0 Å². The lowest BCUT2D eigenvalue weighted by molar-refractivity contribution is -0.141. The molecular weight excluding hydrogens is 553 g/mol. The molecule has 0 fully saturated rings. The van der Waals surface area contributed by atoms with E-state index < -0.39 is 29.0 Å². The summed E-state index contributed by atoms with van der Waals surface area (Å²) >= 11 is 8.67. The molecule has 1 aliphatic rings. The van der Waals surface area contributed by atoms with Gasteiger partial charge in [-0.1, -0.05) is 22.9 Å². The minimum atomic E-state index is -4.61. The van der Waals surface area contributed by atoms with Crippen LogP contribution in [0.1, 0.15) is 50.6 Å². The Morgan fingerprint density at radius 3 is 2.84 bits per heavy atom. The van der Waals surface area contributed by atoms with Crippen molar-refractivity contribution in [2.24, 2.45) is 0 Å². The SMILES string of the molecule is CCOC(=O)c1csc(C2c3c(nc4sc(C)nn34)CCN2C=COc2ccc(C(F)(F)F)nc2Cl)n1. The largest absolute Gasteiger partial charge is 0.461 e. The van der Waals surface area contributed by atoms with Crippen molar-refractivity contribution in [1.29, 1.82) is 0 Å². The van der Waals surface area contributed by atoms with E-state index in [0.29, 0.717) is 18.0 Å². The Hall–Kier alpha value is -3.23. The lowest BCUT2D eigenvalue weighted by Crippen LogP contribution is -2.33. The highest BCUT2D eigenvalue weighted by Gasteiger charge is 2.36. The molecule has 0 spiro atoms. The van der Waals surface area contributed by atoms with Crippen LogP contribution in [0.4, 0.5) is 13.2 Å². The highest BCUT2D eigenvalue weighted by atomic mass is 35.5. The Kier molecular flexibility index (Phi) is 6.81. The fourth-order valence-corrected chi connectivity index (χ4v) is 5.74. The van der Waals surface area contributed by atoms with Gasteiger partial charge in [0.1, 0.15) is 28.0 Å². The van der Waals surface area contributed by atoms with Crippen molar-refractivity contribution < 1.29 is 27.4 Å². The zero-order valence-corrected chi connectivity index (χ0v) is 21.7. The molecule has 0 amide bonds. The van der Waals surface area contributed by atoms with Gasteiger partial charge in [0.05, 0.1) is 18.0 Å². The summed E-state index contributed by atoms with van der Waals surface area (Å²) in [5.74, 6) is -0.542.